The molecule has 13 heteroatoms. The number of carbonyl (C=O) groups is 1. The van der Waals surface area contributed by atoms with Crippen LogP contribution in [0.3, 0.4) is 0 Å². The first-order valence-electron chi connectivity index (χ1n) is 6.81. The Morgan fingerprint density at radius 3 is 2.20 bits per heavy atom. The summed E-state index contributed by atoms with van der Waals surface area (Å²) >= 11 is 0. The van der Waals surface area contributed by atoms with Crippen molar-refractivity contribution in [3.8, 4) is 5.75 Å². The van der Waals surface area contributed by atoms with Crippen molar-refractivity contribution in [1.82, 2.24) is 0 Å². The number of carbonyl (C=O) groups excluding carboxylic acids is 1. The molecule has 0 heterocycles. The number of hydrogen-bond donors (Lipinski definition) is 0. The van der Waals surface area contributed by atoms with Crippen LogP contribution < -0.4 is 4.74 Å². The van der Waals surface area contributed by atoms with Gasteiger partial charge in [0.1, 0.15) is 18.5 Å². The quantitative estimate of drug-likeness (QED) is 0.243. The molecule has 1 atom stereocenters. The highest BCUT2D eigenvalue weighted by Gasteiger charge is 2.17. The Hall–Kier alpha value is -3.51. The van der Waals surface area contributed by atoms with Gasteiger partial charge in [-0.1, -0.05) is 0 Å². The lowest BCUT2D eigenvalue weighted by atomic mass is 10.1. The van der Waals surface area contributed by atoms with Crippen LogP contribution in [-0.4, -0.2) is 33.8 Å². The van der Waals surface area contributed by atoms with E-state index in [2.05, 4.69) is 9.68 Å². The van der Waals surface area contributed by atoms with E-state index in [1.54, 1.807) is 0 Å². The standard InChI is InChI=1S/C12H13N3O10/c16-12(24-10-6-4-9(5-7-10)13(17)18)3-1-2-11(25-15(21)22)8-23-14(19)20/h4-7,11H,1-3,8H2/t11-/m1/s1. The highest BCUT2D eigenvalue weighted by atomic mass is 17.0. The third kappa shape index (κ3) is 8.06. The van der Waals surface area contributed by atoms with Crippen molar-refractivity contribution in [3.05, 3.63) is 54.6 Å². The minimum absolute atomic E-state index is 0.0514. The largest absolute Gasteiger partial charge is 0.427 e. The van der Waals surface area contributed by atoms with Gasteiger partial charge in [-0.15, -0.1) is 20.2 Å². The average molecular weight is 359 g/mol. The van der Waals surface area contributed by atoms with Gasteiger partial charge in [0.15, 0.2) is 0 Å². The van der Waals surface area contributed by atoms with Gasteiger partial charge in [-0.3, -0.25) is 14.9 Å². The fraction of sp³-hybridized carbons (Fsp3) is 0.417. The Kier molecular flexibility index (Phi) is 7.49. The van der Waals surface area contributed by atoms with E-state index in [0.717, 1.165) is 0 Å². The number of esters is 1. The number of nitro benzene ring substituents is 1. The highest BCUT2D eigenvalue weighted by Crippen LogP contribution is 2.18. The van der Waals surface area contributed by atoms with E-state index in [1.807, 2.05) is 0 Å². The Labute approximate surface area is 139 Å². The molecule has 0 saturated carbocycles. The van der Waals surface area contributed by atoms with Crippen LogP contribution in [0.5, 0.6) is 5.75 Å². The Morgan fingerprint density at radius 2 is 1.68 bits per heavy atom. The summed E-state index contributed by atoms with van der Waals surface area (Å²) in [6.45, 7) is -0.647. The van der Waals surface area contributed by atoms with Gasteiger partial charge >= 0.3 is 5.97 Å². The Morgan fingerprint density at radius 1 is 1.04 bits per heavy atom. The van der Waals surface area contributed by atoms with E-state index >= 15 is 0 Å². The molecular formula is C12H13N3O10. The van der Waals surface area contributed by atoms with Gasteiger partial charge in [0, 0.05) is 18.6 Å². The molecule has 0 unspecified atom stereocenters. The fourth-order valence-electron chi connectivity index (χ4n) is 1.72. The SMILES string of the molecule is O=C(CCC[C@H](CO[N+](=O)[O-])O[N+](=O)[O-])Oc1ccc([N+](=O)[O-])cc1. The lowest BCUT2D eigenvalue weighted by molar-refractivity contribution is -0.790. The number of nitrogens with zero attached hydrogens (tertiary/aromatic N) is 3. The van der Waals surface area contributed by atoms with Crippen LogP contribution in [0.15, 0.2) is 24.3 Å². The third-order valence-corrected chi connectivity index (χ3v) is 2.79. The lowest BCUT2D eigenvalue weighted by Gasteiger charge is -2.13. The molecule has 136 valence electrons. The molecule has 1 aromatic carbocycles. The molecule has 0 fully saturated rings. The number of rotatable bonds is 11. The number of ether oxygens (including phenoxy) is 1. The van der Waals surface area contributed by atoms with Crippen molar-refractivity contribution in [2.75, 3.05) is 6.61 Å². The summed E-state index contributed by atoms with van der Waals surface area (Å²) in [6.07, 6.45) is -1.31. The van der Waals surface area contributed by atoms with Crippen molar-refractivity contribution in [2.45, 2.75) is 25.4 Å². The fourth-order valence-corrected chi connectivity index (χ4v) is 1.72. The van der Waals surface area contributed by atoms with Crippen LogP contribution in [0.4, 0.5) is 5.69 Å². The van der Waals surface area contributed by atoms with Crippen molar-refractivity contribution in [3.63, 3.8) is 0 Å². The molecule has 0 radical (unpaired) electrons. The Balaban J connectivity index is 2.41. The zero-order valence-electron chi connectivity index (χ0n) is 12.6. The molecule has 25 heavy (non-hydrogen) atoms. The molecule has 0 N–H and O–H groups in total. The summed E-state index contributed by atoms with van der Waals surface area (Å²) in [7, 11) is 0. The summed E-state index contributed by atoms with van der Waals surface area (Å²) < 4.78 is 4.93. The maximum Gasteiger partial charge on any atom is 0.311 e. The van der Waals surface area contributed by atoms with Crippen LogP contribution in [0.2, 0.25) is 0 Å². The topological polar surface area (TPSA) is 174 Å². The highest BCUT2D eigenvalue weighted by molar-refractivity contribution is 5.72. The van der Waals surface area contributed by atoms with Gasteiger partial charge in [-0.25, -0.2) is 0 Å². The van der Waals surface area contributed by atoms with Crippen LogP contribution in [0.25, 0.3) is 0 Å². The number of benzene rings is 1. The second-order valence-corrected chi connectivity index (χ2v) is 4.59. The zero-order chi connectivity index (χ0) is 18.8. The summed E-state index contributed by atoms with van der Waals surface area (Å²) in [5, 5.41) is 28.6. The van der Waals surface area contributed by atoms with Crippen LogP contribution >= 0.6 is 0 Å². The molecule has 1 aromatic rings. The average Bonchev–Trinajstić information content (AvgIpc) is 2.52. The normalized spacial score (nSPS) is 11.2. The zero-order valence-corrected chi connectivity index (χ0v) is 12.6. The number of non-ortho nitro benzene ring substituents is 1. The smallest absolute Gasteiger partial charge is 0.311 e. The first-order valence-corrected chi connectivity index (χ1v) is 6.81. The second kappa shape index (κ2) is 9.59. The molecule has 13 nitrogen and oxygen atoms in total. The van der Waals surface area contributed by atoms with Crippen LogP contribution in [0.1, 0.15) is 19.3 Å². The van der Waals surface area contributed by atoms with E-state index in [9.17, 15) is 35.1 Å². The first kappa shape index (κ1) is 19.5. The first-order chi connectivity index (χ1) is 11.8. The third-order valence-electron chi connectivity index (χ3n) is 2.79. The summed E-state index contributed by atoms with van der Waals surface area (Å²) in [4.78, 5) is 50.1. The maximum atomic E-state index is 11.6. The molecular weight excluding hydrogens is 346 g/mol. The molecule has 1 rings (SSSR count). The van der Waals surface area contributed by atoms with E-state index < -0.39 is 33.8 Å². The Bertz CT molecular complexity index is 633. The van der Waals surface area contributed by atoms with Gasteiger partial charge in [0.05, 0.1) is 4.92 Å². The summed E-state index contributed by atoms with van der Waals surface area (Å²) in [6, 6.07) is 4.83. The van der Waals surface area contributed by atoms with Crippen molar-refractivity contribution < 1.29 is 34.3 Å². The summed E-state index contributed by atoms with van der Waals surface area (Å²) in [5.74, 6) is -0.575. The van der Waals surface area contributed by atoms with Crippen LogP contribution in [-0.2, 0) is 14.5 Å². The molecule has 0 bridgehead atoms. The molecule has 0 aliphatic carbocycles. The van der Waals surface area contributed by atoms with Crippen molar-refractivity contribution in [1.29, 1.82) is 0 Å². The van der Waals surface area contributed by atoms with Gasteiger partial charge in [-0.05, 0) is 25.0 Å². The van der Waals surface area contributed by atoms with Gasteiger partial charge < -0.3 is 14.4 Å². The van der Waals surface area contributed by atoms with Crippen molar-refractivity contribution >= 4 is 11.7 Å². The minimum atomic E-state index is -1.20. The minimum Gasteiger partial charge on any atom is -0.427 e. The van der Waals surface area contributed by atoms with Gasteiger partial charge in [0.2, 0.25) is 0 Å². The van der Waals surface area contributed by atoms with Crippen LogP contribution in [0, 0.1) is 30.3 Å². The van der Waals surface area contributed by atoms with E-state index in [4.69, 9.17) is 4.74 Å². The lowest BCUT2D eigenvalue weighted by Crippen LogP contribution is -2.25. The van der Waals surface area contributed by atoms with E-state index in [1.165, 1.54) is 24.3 Å². The van der Waals surface area contributed by atoms with E-state index in [0.29, 0.717) is 0 Å². The van der Waals surface area contributed by atoms with Gasteiger partial charge in [-0.2, -0.15) is 0 Å². The van der Waals surface area contributed by atoms with E-state index in [-0.39, 0.29) is 30.7 Å². The molecule has 0 spiro atoms. The van der Waals surface area contributed by atoms with Crippen molar-refractivity contribution in [2.24, 2.45) is 0 Å². The molecule has 0 aromatic heterocycles. The molecule has 0 saturated heterocycles. The monoisotopic (exact) mass is 359 g/mol. The number of nitro groups is 1. The maximum absolute atomic E-state index is 11.6. The molecule has 0 amide bonds. The molecule has 0 aliphatic heterocycles. The predicted octanol–water partition coefficient (Wildman–Crippen LogP) is 1.46. The second-order valence-electron chi connectivity index (χ2n) is 4.59. The predicted molar refractivity (Wildman–Crippen MR) is 77.4 cm³/mol. The summed E-state index contributed by atoms with van der Waals surface area (Å²) in [5.41, 5.74) is -0.162. The molecule has 0 aliphatic rings. The number of hydrogen-bond acceptors (Lipinski definition) is 10. The van der Waals surface area contributed by atoms with Gasteiger partial charge in [0.25, 0.3) is 15.9 Å².